The number of nitrogens with zero attached hydrogens (tertiary/aromatic N) is 1. The minimum absolute atomic E-state index is 0.135. The average Bonchev–Trinajstić information content (AvgIpc) is 2.46. The van der Waals surface area contributed by atoms with E-state index < -0.39 is 0 Å². The monoisotopic (exact) mass is 269 g/mol. The minimum Gasteiger partial charge on any atom is -0.477 e. The SMILES string of the molecule is CCCC(=O)N=C(OCC)c1ccc2ccccc2c1. The van der Waals surface area contributed by atoms with Gasteiger partial charge in [-0.1, -0.05) is 37.3 Å². The fourth-order valence-electron chi connectivity index (χ4n) is 2.02. The third-order valence-electron chi connectivity index (χ3n) is 2.97. The Bertz CT molecular complexity index is 632. The Morgan fingerprint density at radius 3 is 2.55 bits per heavy atom. The molecule has 0 bridgehead atoms. The largest absolute Gasteiger partial charge is 0.477 e. The van der Waals surface area contributed by atoms with Crippen LogP contribution in [0.2, 0.25) is 0 Å². The lowest BCUT2D eigenvalue weighted by atomic mass is 10.1. The van der Waals surface area contributed by atoms with E-state index in [-0.39, 0.29) is 5.91 Å². The van der Waals surface area contributed by atoms with Crippen molar-refractivity contribution in [1.29, 1.82) is 0 Å². The maximum atomic E-state index is 11.7. The predicted molar refractivity (Wildman–Crippen MR) is 82.0 cm³/mol. The Labute approximate surface area is 119 Å². The first-order chi connectivity index (χ1) is 9.74. The molecule has 2 aromatic rings. The molecule has 2 aromatic carbocycles. The number of carbonyl (C=O) groups excluding carboxylic acids is 1. The standard InChI is InChI=1S/C17H19NO2/c1-3-7-16(19)18-17(20-4-2)15-11-10-13-8-5-6-9-14(13)12-15/h5-6,8-12H,3-4,7H2,1-2H3. The van der Waals surface area contributed by atoms with Gasteiger partial charge in [-0.25, -0.2) is 0 Å². The van der Waals surface area contributed by atoms with Gasteiger partial charge in [0.25, 0.3) is 0 Å². The van der Waals surface area contributed by atoms with E-state index in [0.29, 0.717) is 18.9 Å². The third kappa shape index (κ3) is 3.44. The molecule has 3 nitrogen and oxygen atoms in total. The van der Waals surface area contributed by atoms with Gasteiger partial charge in [-0.3, -0.25) is 4.79 Å². The molecule has 0 spiro atoms. The van der Waals surface area contributed by atoms with Gasteiger partial charge in [0.15, 0.2) is 0 Å². The number of hydrogen-bond donors (Lipinski definition) is 0. The second kappa shape index (κ2) is 6.85. The van der Waals surface area contributed by atoms with Crippen LogP contribution in [0, 0.1) is 0 Å². The van der Waals surface area contributed by atoms with Gasteiger partial charge in [0.1, 0.15) is 0 Å². The van der Waals surface area contributed by atoms with Crippen LogP contribution in [0.25, 0.3) is 10.8 Å². The van der Waals surface area contributed by atoms with E-state index in [9.17, 15) is 4.79 Å². The molecule has 1 amide bonds. The molecule has 0 N–H and O–H groups in total. The number of amides is 1. The molecule has 0 unspecified atom stereocenters. The zero-order chi connectivity index (χ0) is 14.4. The van der Waals surface area contributed by atoms with Crippen LogP contribution in [0.15, 0.2) is 47.5 Å². The van der Waals surface area contributed by atoms with E-state index in [1.165, 1.54) is 0 Å². The number of carbonyl (C=O) groups is 1. The van der Waals surface area contributed by atoms with Crippen LogP contribution >= 0.6 is 0 Å². The van der Waals surface area contributed by atoms with Crippen molar-refractivity contribution in [2.24, 2.45) is 4.99 Å². The molecule has 0 aliphatic heterocycles. The van der Waals surface area contributed by atoms with E-state index in [4.69, 9.17) is 4.74 Å². The highest BCUT2D eigenvalue weighted by atomic mass is 16.5. The molecular formula is C17H19NO2. The second-order valence-electron chi connectivity index (χ2n) is 4.56. The van der Waals surface area contributed by atoms with E-state index in [0.717, 1.165) is 22.8 Å². The summed E-state index contributed by atoms with van der Waals surface area (Å²) in [7, 11) is 0. The average molecular weight is 269 g/mol. The van der Waals surface area contributed by atoms with Gasteiger partial charge in [-0.05, 0) is 36.2 Å². The van der Waals surface area contributed by atoms with Crippen molar-refractivity contribution in [1.82, 2.24) is 0 Å². The van der Waals surface area contributed by atoms with Crippen LogP contribution in [-0.4, -0.2) is 18.4 Å². The topological polar surface area (TPSA) is 38.7 Å². The molecule has 20 heavy (non-hydrogen) atoms. The second-order valence-corrected chi connectivity index (χ2v) is 4.56. The van der Waals surface area contributed by atoms with Crippen molar-refractivity contribution in [3.8, 4) is 0 Å². The summed E-state index contributed by atoms with van der Waals surface area (Å²) in [6.07, 6.45) is 1.24. The van der Waals surface area contributed by atoms with Crippen molar-refractivity contribution in [3.05, 3.63) is 48.0 Å². The van der Waals surface area contributed by atoms with Gasteiger partial charge >= 0.3 is 0 Å². The van der Waals surface area contributed by atoms with Crippen LogP contribution < -0.4 is 0 Å². The van der Waals surface area contributed by atoms with Crippen LogP contribution in [0.3, 0.4) is 0 Å². The summed E-state index contributed by atoms with van der Waals surface area (Å²) in [4.78, 5) is 15.8. The maximum absolute atomic E-state index is 11.7. The highest BCUT2D eigenvalue weighted by Gasteiger charge is 2.08. The molecule has 0 fully saturated rings. The number of aliphatic imine (C=N–C) groups is 1. The fraction of sp³-hybridized carbons (Fsp3) is 0.294. The van der Waals surface area contributed by atoms with Crippen LogP contribution in [0.1, 0.15) is 32.3 Å². The zero-order valence-electron chi connectivity index (χ0n) is 11.9. The molecule has 104 valence electrons. The van der Waals surface area contributed by atoms with Crippen LogP contribution in [0.4, 0.5) is 0 Å². The van der Waals surface area contributed by atoms with Gasteiger partial charge in [0.05, 0.1) is 6.61 Å². The van der Waals surface area contributed by atoms with Crippen molar-refractivity contribution < 1.29 is 9.53 Å². The minimum atomic E-state index is -0.135. The Balaban J connectivity index is 2.38. The lowest BCUT2D eigenvalue weighted by Gasteiger charge is -2.08. The fourth-order valence-corrected chi connectivity index (χ4v) is 2.02. The summed E-state index contributed by atoms with van der Waals surface area (Å²) in [5, 5.41) is 2.27. The first-order valence-corrected chi connectivity index (χ1v) is 6.98. The van der Waals surface area contributed by atoms with E-state index in [1.54, 1.807) is 0 Å². The molecule has 2 rings (SSSR count). The molecule has 3 heteroatoms. The van der Waals surface area contributed by atoms with Crippen molar-refractivity contribution in [3.63, 3.8) is 0 Å². The molecule has 0 aliphatic carbocycles. The van der Waals surface area contributed by atoms with Gasteiger partial charge in [-0.15, -0.1) is 0 Å². The molecule has 0 radical (unpaired) electrons. The lowest BCUT2D eigenvalue weighted by Crippen LogP contribution is -2.10. The number of rotatable bonds is 4. The third-order valence-corrected chi connectivity index (χ3v) is 2.97. The predicted octanol–water partition coefficient (Wildman–Crippen LogP) is 3.95. The summed E-state index contributed by atoms with van der Waals surface area (Å²) in [5.74, 6) is 0.279. The number of hydrogen-bond acceptors (Lipinski definition) is 2. The highest BCUT2D eigenvalue weighted by molar-refractivity contribution is 6.03. The highest BCUT2D eigenvalue weighted by Crippen LogP contribution is 2.17. The number of ether oxygens (including phenoxy) is 1. The summed E-state index contributed by atoms with van der Waals surface area (Å²) in [6.45, 7) is 4.34. The quantitative estimate of drug-likeness (QED) is 0.622. The van der Waals surface area contributed by atoms with Crippen molar-refractivity contribution in [2.45, 2.75) is 26.7 Å². The number of benzene rings is 2. The Morgan fingerprint density at radius 1 is 1.10 bits per heavy atom. The molecule has 0 aliphatic rings. The number of fused-ring (bicyclic) bond motifs is 1. The molecule has 0 saturated carbocycles. The molecule has 0 atom stereocenters. The summed E-state index contributed by atoms with van der Waals surface area (Å²) < 4.78 is 5.52. The van der Waals surface area contributed by atoms with E-state index in [2.05, 4.69) is 11.1 Å². The van der Waals surface area contributed by atoms with Gasteiger partial charge < -0.3 is 4.74 Å². The van der Waals surface area contributed by atoms with Crippen LogP contribution in [-0.2, 0) is 9.53 Å². The first kappa shape index (κ1) is 14.3. The van der Waals surface area contributed by atoms with Gasteiger partial charge in [-0.2, -0.15) is 4.99 Å². The zero-order valence-corrected chi connectivity index (χ0v) is 11.9. The molecule has 0 aromatic heterocycles. The lowest BCUT2D eigenvalue weighted by molar-refractivity contribution is -0.117. The Kier molecular flexibility index (Phi) is 4.88. The van der Waals surface area contributed by atoms with Crippen LogP contribution in [0.5, 0.6) is 0 Å². The smallest absolute Gasteiger partial charge is 0.248 e. The summed E-state index contributed by atoms with van der Waals surface area (Å²) in [5.41, 5.74) is 0.843. The van der Waals surface area contributed by atoms with Gasteiger partial charge in [0, 0.05) is 12.0 Å². The van der Waals surface area contributed by atoms with Crippen molar-refractivity contribution >= 4 is 22.6 Å². The first-order valence-electron chi connectivity index (χ1n) is 6.98. The Morgan fingerprint density at radius 2 is 1.85 bits per heavy atom. The molecule has 0 saturated heterocycles. The van der Waals surface area contributed by atoms with Crippen molar-refractivity contribution in [2.75, 3.05) is 6.61 Å². The van der Waals surface area contributed by atoms with E-state index in [1.807, 2.05) is 50.2 Å². The van der Waals surface area contributed by atoms with E-state index >= 15 is 0 Å². The normalized spacial score (nSPS) is 11.6. The summed E-state index contributed by atoms with van der Waals surface area (Å²) in [6, 6.07) is 14.0. The Hall–Kier alpha value is -2.16. The summed E-state index contributed by atoms with van der Waals surface area (Å²) >= 11 is 0. The molecular weight excluding hydrogens is 250 g/mol. The molecule has 0 heterocycles. The maximum Gasteiger partial charge on any atom is 0.248 e. The van der Waals surface area contributed by atoms with Gasteiger partial charge in [0.2, 0.25) is 11.8 Å².